The number of guanidine groups is 1. The SMILES string of the molecule is CN=C(NCC(C)c1ccccc1)NC1CCN(c2ccccc2OC)C1. The first-order valence-electron chi connectivity index (χ1n) is 9.61. The number of rotatable bonds is 6. The van der Waals surface area contributed by atoms with Crippen LogP contribution in [0, 0.1) is 0 Å². The summed E-state index contributed by atoms with van der Waals surface area (Å²) in [6.07, 6.45) is 1.08. The zero-order valence-corrected chi connectivity index (χ0v) is 16.5. The van der Waals surface area contributed by atoms with Crippen LogP contribution in [-0.2, 0) is 0 Å². The van der Waals surface area contributed by atoms with Crippen molar-refractivity contribution in [2.75, 3.05) is 38.7 Å². The Morgan fingerprint density at radius 2 is 1.93 bits per heavy atom. The molecule has 0 saturated carbocycles. The summed E-state index contributed by atoms with van der Waals surface area (Å²) in [5, 5.41) is 7.03. The van der Waals surface area contributed by atoms with Gasteiger partial charge in [0, 0.05) is 32.7 Å². The molecule has 1 aliphatic heterocycles. The number of methoxy groups -OCH3 is 1. The molecule has 0 aromatic heterocycles. The van der Waals surface area contributed by atoms with Crippen molar-refractivity contribution in [1.82, 2.24) is 10.6 Å². The molecule has 27 heavy (non-hydrogen) atoms. The molecule has 144 valence electrons. The van der Waals surface area contributed by atoms with E-state index in [2.05, 4.69) is 69.9 Å². The fraction of sp³-hybridized carbons (Fsp3) is 0.409. The molecule has 0 amide bonds. The zero-order chi connectivity index (χ0) is 19.1. The highest BCUT2D eigenvalue weighted by Crippen LogP contribution is 2.30. The van der Waals surface area contributed by atoms with Gasteiger partial charge in [0.2, 0.25) is 0 Å². The average Bonchev–Trinajstić information content (AvgIpc) is 3.19. The van der Waals surface area contributed by atoms with Crippen molar-refractivity contribution >= 4 is 11.6 Å². The van der Waals surface area contributed by atoms with Crippen molar-refractivity contribution in [2.45, 2.75) is 25.3 Å². The predicted molar refractivity (Wildman–Crippen MR) is 113 cm³/mol. The molecule has 2 aromatic rings. The van der Waals surface area contributed by atoms with Crippen LogP contribution in [0.15, 0.2) is 59.6 Å². The third-order valence-corrected chi connectivity index (χ3v) is 5.12. The number of ether oxygens (including phenoxy) is 1. The Labute approximate surface area is 162 Å². The lowest BCUT2D eigenvalue weighted by Crippen LogP contribution is -2.45. The molecule has 5 heteroatoms. The Kier molecular flexibility index (Phi) is 6.58. The van der Waals surface area contributed by atoms with Gasteiger partial charge in [0.1, 0.15) is 5.75 Å². The molecule has 1 aliphatic rings. The Morgan fingerprint density at radius 1 is 1.19 bits per heavy atom. The summed E-state index contributed by atoms with van der Waals surface area (Å²) < 4.78 is 5.50. The van der Waals surface area contributed by atoms with E-state index < -0.39 is 0 Å². The molecule has 2 atom stereocenters. The molecule has 0 radical (unpaired) electrons. The van der Waals surface area contributed by atoms with Crippen LogP contribution in [0.3, 0.4) is 0 Å². The van der Waals surface area contributed by atoms with Gasteiger partial charge in [-0.05, 0) is 30.0 Å². The Balaban J connectivity index is 1.52. The fourth-order valence-electron chi connectivity index (χ4n) is 3.53. The van der Waals surface area contributed by atoms with Gasteiger partial charge in [0.25, 0.3) is 0 Å². The van der Waals surface area contributed by atoms with Gasteiger partial charge in [0.05, 0.1) is 12.8 Å². The number of hydrogen-bond donors (Lipinski definition) is 2. The minimum absolute atomic E-state index is 0.369. The van der Waals surface area contributed by atoms with Gasteiger partial charge in [-0.2, -0.15) is 0 Å². The third-order valence-electron chi connectivity index (χ3n) is 5.12. The Morgan fingerprint density at radius 3 is 2.67 bits per heavy atom. The first-order valence-corrected chi connectivity index (χ1v) is 9.61. The zero-order valence-electron chi connectivity index (χ0n) is 16.5. The second-order valence-corrected chi connectivity index (χ2v) is 7.01. The van der Waals surface area contributed by atoms with E-state index in [9.17, 15) is 0 Å². The molecule has 0 aliphatic carbocycles. The lowest BCUT2D eigenvalue weighted by Gasteiger charge is -2.22. The first-order chi connectivity index (χ1) is 13.2. The van der Waals surface area contributed by atoms with Gasteiger partial charge >= 0.3 is 0 Å². The molecule has 0 spiro atoms. The lowest BCUT2D eigenvalue weighted by atomic mass is 10.0. The Bertz CT molecular complexity index is 747. The minimum atomic E-state index is 0.369. The summed E-state index contributed by atoms with van der Waals surface area (Å²) in [6, 6.07) is 19.1. The highest BCUT2D eigenvalue weighted by Gasteiger charge is 2.25. The quantitative estimate of drug-likeness (QED) is 0.609. The standard InChI is InChI=1S/C22H30N4O/c1-17(18-9-5-4-6-10-18)15-24-22(23-2)25-19-13-14-26(16-19)20-11-7-8-12-21(20)27-3/h4-12,17,19H,13-16H2,1-3H3,(H2,23,24,25). The fourth-order valence-corrected chi connectivity index (χ4v) is 3.53. The van der Waals surface area contributed by atoms with E-state index in [0.29, 0.717) is 12.0 Å². The smallest absolute Gasteiger partial charge is 0.191 e. The first kappa shape index (κ1) is 19.1. The molecule has 1 heterocycles. The van der Waals surface area contributed by atoms with E-state index in [4.69, 9.17) is 4.74 Å². The summed E-state index contributed by atoms with van der Waals surface area (Å²) in [4.78, 5) is 6.77. The van der Waals surface area contributed by atoms with Crippen molar-refractivity contribution < 1.29 is 4.74 Å². The van der Waals surface area contributed by atoms with Crippen LogP contribution in [0.25, 0.3) is 0 Å². The van der Waals surface area contributed by atoms with Crippen LogP contribution in [-0.4, -0.2) is 45.8 Å². The second kappa shape index (κ2) is 9.31. The van der Waals surface area contributed by atoms with Crippen LogP contribution in [0.4, 0.5) is 5.69 Å². The maximum atomic E-state index is 5.50. The van der Waals surface area contributed by atoms with Gasteiger partial charge in [-0.15, -0.1) is 0 Å². The maximum absolute atomic E-state index is 5.50. The van der Waals surface area contributed by atoms with Crippen molar-refractivity contribution in [3.8, 4) is 5.75 Å². The van der Waals surface area contributed by atoms with Gasteiger partial charge in [0.15, 0.2) is 5.96 Å². The van der Waals surface area contributed by atoms with Crippen LogP contribution in [0.5, 0.6) is 5.75 Å². The molecule has 1 saturated heterocycles. The van der Waals surface area contributed by atoms with Crippen molar-refractivity contribution in [3.63, 3.8) is 0 Å². The number of benzene rings is 2. The molecule has 1 fully saturated rings. The molecule has 2 aromatic carbocycles. The summed E-state index contributed by atoms with van der Waals surface area (Å²) in [7, 11) is 3.56. The van der Waals surface area contributed by atoms with Crippen molar-refractivity contribution in [1.29, 1.82) is 0 Å². The largest absolute Gasteiger partial charge is 0.495 e. The topological polar surface area (TPSA) is 48.9 Å². The van der Waals surface area contributed by atoms with Crippen molar-refractivity contribution in [3.05, 3.63) is 60.2 Å². The summed E-state index contributed by atoms with van der Waals surface area (Å²) in [5.41, 5.74) is 2.49. The molecule has 2 unspecified atom stereocenters. The summed E-state index contributed by atoms with van der Waals surface area (Å²) >= 11 is 0. The number of hydrogen-bond acceptors (Lipinski definition) is 3. The molecule has 3 rings (SSSR count). The van der Waals surface area contributed by atoms with Gasteiger partial charge in [-0.3, -0.25) is 4.99 Å². The van der Waals surface area contributed by atoms with E-state index in [1.165, 1.54) is 5.56 Å². The Hall–Kier alpha value is -2.69. The summed E-state index contributed by atoms with van der Waals surface area (Å²) in [6.45, 7) is 5.03. The molecule has 2 N–H and O–H groups in total. The van der Waals surface area contributed by atoms with Gasteiger partial charge < -0.3 is 20.3 Å². The van der Waals surface area contributed by atoms with Gasteiger partial charge in [-0.25, -0.2) is 0 Å². The maximum Gasteiger partial charge on any atom is 0.191 e. The summed E-state index contributed by atoms with van der Waals surface area (Å²) in [5.74, 6) is 2.22. The molecular formula is C22H30N4O. The highest BCUT2D eigenvalue weighted by molar-refractivity contribution is 5.80. The average molecular weight is 367 g/mol. The van der Waals surface area contributed by atoms with Crippen LogP contribution in [0.1, 0.15) is 24.8 Å². The number of para-hydroxylation sites is 2. The highest BCUT2D eigenvalue weighted by atomic mass is 16.5. The lowest BCUT2D eigenvalue weighted by molar-refractivity contribution is 0.415. The normalized spacial score (nSPS) is 18.3. The molecule has 5 nitrogen and oxygen atoms in total. The number of aliphatic imine (C=N–C) groups is 1. The van der Waals surface area contributed by atoms with E-state index >= 15 is 0 Å². The monoisotopic (exact) mass is 366 g/mol. The second-order valence-electron chi connectivity index (χ2n) is 7.01. The number of nitrogens with zero attached hydrogens (tertiary/aromatic N) is 2. The van der Waals surface area contributed by atoms with Gasteiger partial charge in [-0.1, -0.05) is 49.4 Å². The van der Waals surface area contributed by atoms with E-state index in [1.807, 2.05) is 19.2 Å². The number of nitrogens with one attached hydrogen (secondary N) is 2. The van der Waals surface area contributed by atoms with E-state index in [0.717, 1.165) is 43.5 Å². The minimum Gasteiger partial charge on any atom is -0.495 e. The number of anilines is 1. The van der Waals surface area contributed by atoms with Crippen LogP contribution >= 0.6 is 0 Å². The predicted octanol–water partition coefficient (Wildman–Crippen LogP) is 3.24. The third kappa shape index (κ3) is 4.94. The molecule has 0 bridgehead atoms. The van der Waals surface area contributed by atoms with Crippen LogP contribution in [0.2, 0.25) is 0 Å². The van der Waals surface area contributed by atoms with Crippen LogP contribution < -0.4 is 20.3 Å². The van der Waals surface area contributed by atoms with Crippen molar-refractivity contribution in [2.24, 2.45) is 4.99 Å². The van der Waals surface area contributed by atoms with E-state index in [1.54, 1.807) is 7.11 Å². The van der Waals surface area contributed by atoms with E-state index in [-0.39, 0.29) is 0 Å². The molecular weight excluding hydrogens is 336 g/mol.